The minimum Gasteiger partial charge on any atom is -0.451 e. The van der Waals surface area contributed by atoms with Crippen molar-refractivity contribution in [3.63, 3.8) is 0 Å². The highest BCUT2D eigenvalue weighted by Crippen LogP contribution is 2.31. The summed E-state index contributed by atoms with van der Waals surface area (Å²) in [5, 5.41) is 11.9. The average molecular weight is 396 g/mol. The van der Waals surface area contributed by atoms with Crippen molar-refractivity contribution in [3.05, 3.63) is 63.4 Å². The minimum absolute atomic E-state index is 0.200. The van der Waals surface area contributed by atoms with Crippen LogP contribution in [0.1, 0.15) is 32.8 Å². The van der Waals surface area contributed by atoms with Crippen LogP contribution in [0.25, 0.3) is 22.2 Å². The SMILES string of the molecule is Cc1ccc(-c2nonc2NC(=O)c2oc3cc(C)c(Cl)cc3c2C)cc1C. The van der Waals surface area contributed by atoms with Crippen LogP contribution in [0.15, 0.2) is 39.4 Å². The molecule has 0 aliphatic carbocycles. The third kappa shape index (κ3) is 3.05. The number of hydrogen-bond acceptors (Lipinski definition) is 5. The van der Waals surface area contributed by atoms with Gasteiger partial charge < -0.3 is 4.42 Å². The summed E-state index contributed by atoms with van der Waals surface area (Å²) in [5.41, 5.74) is 5.74. The summed E-state index contributed by atoms with van der Waals surface area (Å²) >= 11 is 6.20. The number of rotatable bonds is 3. The normalized spacial score (nSPS) is 11.2. The fourth-order valence-corrected chi connectivity index (χ4v) is 3.23. The molecule has 1 amide bonds. The lowest BCUT2D eigenvalue weighted by Gasteiger charge is -2.04. The van der Waals surface area contributed by atoms with Crippen molar-refractivity contribution in [2.45, 2.75) is 27.7 Å². The second-order valence-electron chi connectivity index (χ2n) is 6.87. The first-order chi connectivity index (χ1) is 13.3. The molecular weight excluding hydrogens is 378 g/mol. The Morgan fingerprint density at radius 2 is 1.79 bits per heavy atom. The molecule has 0 saturated heterocycles. The summed E-state index contributed by atoms with van der Waals surface area (Å²) in [6, 6.07) is 9.50. The van der Waals surface area contributed by atoms with E-state index < -0.39 is 5.91 Å². The third-order valence-corrected chi connectivity index (χ3v) is 5.33. The third-order valence-electron chi connectivity index (χ3n) is 4.92. The molecule has 4 aromatic rings. The fourth-order valence-electron chi connectivity index (χ4n) is 3.07. The van der Waals surface area contributed by atoms with Gasteiger partial charge in [-0.2, -0.15) is 0 Å². The highest BCUT2D eigenvalue weighted by Gasteiger charge is 2.22. The highest BCUT2D eigenvalue weighted by atomic mass is 35.5. The molecule has 0 radical (unpaired) electrons. The predicted molar refractivity (Wildman–Crippen MR) is 108 cm³/mol. The van der Waals surface area contributed by atoms with Gasteiger partial charge in [0, 0.05) is 21.5 Å². The van der Waals surface area contributed by atoms with E-state index >= 15 is 0 Å². The number of fused-ring (bicyclic) bond motifs is 1. The van der Waals surface area contributed by atoms with Gasteiger partial charge in [-0.15, -0.1) is 0 Å². The number of benzene rings is 2. The van der Waals surface area contributed by atoms with Crippen LogP contribution in [-0.4, -0.2) is 16.2 Å². The van der Waals surface area contributed by atoms with Gasteiger partial charge in [0.15, 0.2) is 11.5 Å². The molecule has 0 saturated carbocycles. The zero-order valence-electron chi connectivity index (χ0n) is 15.9. The Bertz CT molecular complexity index is 1220. The monoisotopic (exact) mass is 395 g/mol. The molecule has 2 aromatic carbocycles. The topological polar surface area (TPSA) is 81.2 Å². The molecule has 28 heavy (non-hydrogen) atoms. The molecule has 2 heterocycles. The standard InChI is InChI=1S/C21H18ClN3O3/c1-10-5-6-14(7-11(10)2)18-20(25-28-24-18)23-21(26)19-13(4)15-9-16(22)12(3)8-17(15)27-19/h5-9H,1-4H3,(H,23,25,26). The zero-order chi connectivity index (χ0) is 20.0. The van der Waals surface area contributed by atoms with E-state index in [4.69, 9.17) is 20.6 Å². The van der Waals surface area contributed by atoms with E-state index in [1.807, 2.05) is 52.0 Å². The minimum atomic E-state index is -0.428. The van der Waals surface area contributed by atoms with Crippen LogP contribution in [0.4, 0.5) is 5.82 Å². The van der Waals surface area contributed by atoms with E-state index in [0.717, 1.165) is 27.6 Å². The number of carbonyl (C=O) groups excluding carboxylic acids is 1. The van der Waals surface area contributed by atoms with E-state index in [0.29, 0.717) is 21.9 Å². The Balaban J connectivity index is 1.68. The number of aromatic nitrogens is 2. The van der Waals surface area contributed by atoms with Crippen molar-refractivity contribution in [1.82, 2.24) is 10.3 Å². The summed E-state index contributed by atoms with van der Waals surface area (Å²) in [4.78, 5) is 12.8. The van der Waals surface area contributed by atoms with E-state index in [1.165, 1.54) is 0 Å². The number of halogens is 1. The highest BCUT2D eigenvalue weighted by molar-refractivity contribution is 6.32. The van der Waals surface area contributed by atoms with Crippen molar-refractivity contribution in [2.75, 3.05) is 5.32 Å². The van der Waals surface area contributed by atoms with Gasteiger partial charge in [0.05, 0.1) is 0 Å². The number of aryl methyl sites for hydroxylation is 4. The first kappa shape index (κ1) is 18.3. The summed E-state index contributed by atoms with van der Waals surface area (Å²) in [6.45, 7) is 7.74. The molecule has 7 heteroatoms. The van der Waals surface area contributed by atoms with Gasteiger partial charge >= 0.3 is 0 Å². The van der Waals surface area contributed by atoms with Crippen molar-refractivity contribution >= 4 is 34.3 Å². The van der Waals surface area contributed by atoms with E-state index in [2.05, 4.69) is 15.6 Å². The van der Waals surface area contributed by atoms with Crippen LogP contribution in [0.5, 0.6) is 0 Å². The number of nitrogens with zero attached hydrogens (tertiary/aromatic N) is 2. The predicted octanol–water partition coefficient (Wildman–Crippen LogP) is 5.62. The summed E-state index contributed by atoms with van der Waals surface area (Å²) in [5.74, 6) is 0.0104. The Labute approximate surface area is 166 Å². The van der Waals surface area contributed by atoms with Crippen molar-refractivity contribution in [3.8, 4) is 11.3 Å². The molecule has 6 nitrogen and oxygen atoms in total. The molecule has 0 unspecified atom stereocenters. The van der Waals surface area contributed by atoms with Gasteiger partial charge in [-0.3, -0.25) is 10.1 Å². The van der Waals surface area contributed by atoms with E-state index in [9.17, 15) is 4.79 Å². The summed E-state index contributed by atoms with van der Waals surface area (Å²) in [6.07, 6.45) is 0. The largest absolute Gasteiger partial charge is 0.451 e. The first-order valence-corrected chi connectivity index (χ1v) is 9.13. The molecule has 0 spiro atoms. The maximum atomic E-state index is 12.8. The molecule has 0 aliphatic heterocycles. The quantitative estimate of drug-likeness (QED) is 0.486. The number of amides is 1. The van der Waals surface area contributed by atoms with E-state index in [-0.39, 0.29) is 11.6 Å². The zero-order valence-corrected chi connectivity index (χ0v) is 16.6. The van der Waals surface area contributed by atoms with Crippen LogP contribution >= 0.6 is 11.6 Å². The fraction of sp³-hybridized carbons (Fsp3) is 0.190. The Kier molecular flexibility index (Phi) is 4.43. The van der Waals surface area contributed by atoms with Crippen LogP contribution in [0.3, 0.4) is 0 Å². The second-order valence-corrected chi connectivity index (χ2v) is 7.28. The summed E-state index contributed by atoms with van der Waals surface area (Å²) < 4.78 is 10.6. The van der Waals surface area contributed by atoms with Gasteiger partial charge in [0.25, 0.3) is 5.91 Å². The molecule has 142 valence electrons. The molecular formula is C21H18ClN3O3. The number of furan rings is 1. The average Bonchev–Trinajstić information content (AvgIpc) is 3.23. The van der Waals surface area contributed by atoms with Gasteiger partial charge in [-0.05, 0) is 72.9 Å². The number of anilines is 1. The van der Waals surface area contributed by atoms with Crippen LogP contribution in [-0.2, 0) is 0 Å². The lowest BCUT2D eigenvalue weighted by Crippen LogP contribution is -2.13. The molecule has 4 rings (SSSR count). The van der Waals surface area contributed by atoms with Crippen molar-refractivity contribution < 1.29 is 13.8 Å². The van der Waals surface area contributed by atoms with Gasteiger partial charge in [-0.1, -0.05) is 23.7 Å². The van der Waals surface area contributed by atoms with Gasteiger partial charge in [0.2, 0.25) is 5.82 Å². The molecule has 2 aromatic heterocycles. The molecule has 0 bridgehead atoms. The number of hydrogen-bond donors (Lipinski definition) is 1. The molecule has 0 aliphatic rings. The lowest BCUT2D eigenvalue weighted by atomic mass is 10.0. The maximum Gasteiger partial charge on any atom is 0.292 e. The molecule has 0 atom stereocenters. The van der Waals surface area contributed by atoms with Crippen molar-refractivity contribution in [1.29, 1.82) is 0 Å². The van der Waals surface area contributed by atoms with Crippen LogP contribution in [0.2, 0.25) is 5.02 Å². The molecule has 0 fully saturated rings. The second kappa shape index (κ2) is 6.80. The number of carbonyl (C=O) groups is 1. The smallest absolute Gasteiger partial charge is 0.292 e. The van der Waals surface area contributed by atoms with Crippen LogP contribution < -0.4 is 5.32 Å². The summed E-state index contributed by atoms with van der Waals surface area (Å²) in [7, 11) is 0. The van der Waals surface area contributed by atoms with Gasteiger partial charge in [-0.25, -0.2) is 4.63 Å². The Morgan fingerprint density at radius 1 is 1.00 bits per heavy atom. The first-order valence-electron chi connectivity index (χ1n) is 8.76. The van der Waals surface area contributed by atoms with Gasteiger partial charge in [0.1, 0.15) is 5.58 Å². The Morgan fingerprint density at radius 3 is 2.54 bits per heavy atom. The number of nitrogens with one attached hydrogen (secondary N) is 1. The Hall–Kier alpha value is -3.12. The lowest BCUT2D eigenvalue weighted by molar-refractivity contribution is 0.0997. The molecule has 1 N–H and O–H groups in total. The van der Waals surface area contributed by atoms with E-state index in [1.54, 1.807) is 6.07 Å². The van der Waals surface area contributed by atoms with Crippen molar-refractivity contribution in [2.24, 2.45) is 0 Å². The maximum absolute atomic E-state index is 12.8. The van der Waals surface area contributed by atoms with Crippen LogP contribution in [0, 0.1) is 27.7 Å².